The first-order chi connectivity index (χ1) is 8.68. The minimum absolute atomic E-state index is 0.774. The van der Waals surface area contributed by atoms with Gasteiger partial charge >= 0.3 is 0 Å². The molecular weight excluding hydrogens is 242 g/mol. The quantitative estimate of drug-likeness (QED) is 0.728. The Labute approximate surface area is 113 Å². The van der Waals surface area contributed by atoms with Gasteiger partial charge in [0.05, 0.1) is 0 Å². The van der Waals surface area contributed by atoms with Gasteiger partial charge in [-0.25, -0.2) is 0 Å². The Morgan fingerprint density at radius 2 is 1.39 bits per heavy atom. The number of para-hydroxylation sites is 1. The SMILES string of the molecule is CN(C)c1ccccc1C=Cc1ccccc1Cl. The van der Waals surface area contributed by atoms with Crippen molar-refractivity contribution >= 4 is 29.4 Å². The molecule has 0 heterocycles. The van der Waals surface area contributed by atoms with Crippen molar-refractivity contribution < 1.29 is 0 Å². The maximum absolute atomic E-state index is 6.13. The Balaban J connectivity index is 2.32. The van der Waals surface area contributed by atoms with Crippen molar-refractivity contribution in [1.29, 1.82) is 0 Å². The van der Waals surface area contributed by atoms with Crippen LogP contribution < -0.4 is 4.90 Å². The monoisotopic (exact) mass is 257 g/mol. The van der Waals surface area contributed by atoms with E-state index in [1.165, 1.54) is 11.3 Å². The summed E-state index contributed by atoms with van der Waals surface area (Å²) in [4.78, 5) is 2.10. The molecule has 92 valence electrons. The predicted octanol–water partition coefficient (Wildman–Crippen LogP) is 4.58. The third-order valence-electron chi connectivity index (χ3n) is 2.77. The van der Waals surface area contributed by atoms with Crippen LogP contribution in [0, 0.1) is 0 Å². The molecule has 0 fully saturated rings. The second-order valence-corrected chi connectivity index (χ2v) is 4.72. The minimum Gasteiger partial charge on any atom is -0.377 e. The van der Waals surface area contributed by atoms with Crippen LogP contribution in [0.2, 0.25) is 5.02 Å². The molecule has 0 N–H and O–H groups in total. The highest BCUT2D eigenvalue weighted by molar-refractivity contribution is 6.32. The summed E-state index contributed by atoms with van der Waals surface area (Å²) in [6, 6.07) is 16.1. The molecule has 0 saturated carbocycles. The van der Waals surface area contributed by atoms with E-state index in [2.05, 4.69) is 23.1 Å². The van der Waals surface area contributed by atoms with Gasteiger partial charge < -0.3 is 4.90 Å². The lowest BCUT2D eigenvalue weighted by atomic mass is 10.1. The van der Waals surface area contributed by atoms with E-state index < -0.39 is 0 Å². The number of anilines is 1. The van der Waals surface area contributed by atoms with Gasteiger partial charge in [0, 0.05) is 24.8 Å². The first-order valence-electron chi connectivity index (χ1n) is 5.87. The van der Waals surface area contributed by atoms with Crippen LogP contribution in [0.4, 0.5) is 5.69 Å². The number of nitrogens with zero attached hydrogens (tertiary/aromatic N) is 1. The van der Waals surface area contributed by atoms with Gasteiger partial charge in [-0.1, -0.05) is 60.2 Å². The van der Waals surface area contributed by atoms with Crippen LogP contribution in [-0.4, -0.2) is 14.1 Å². The molecule has 0 atom stereocenters. The molecule has 0 spiro atoms. The molecule has 18 heavy (non-hydrogen) atoms. The fourth-order valence-corrected chi connectivity index (χ4v) is 2.02. The van der Waals surface area contributed by atoms with Crippen molar-refractivity contribution in [3.8, 4) is 0 Å². The zero-order valence-electron chi connectivity index (χ0n) is 10.6. The molecule has 1 nitrogen and oxygen atoms in total. The molecule has 2 aromatic carbocycles. The number of hydrogen-bond acceptors (Lipinski definition) is 1. The van der Waals surface area contributed by atoms with E-state index in [9.17, 15) is 0 Å². The Hall–Kier alpha value is -1.73. The third-order valence-corrected chi connectivity index (χ3v) is 3.11. The molecule has 0 aliphatic rings. The highest BCUT2D eigenvalue weighted by atomic mass is 35.5. The second kappa shape index (κ2) is 5.74. The molecule has 0 amide bonds. The topological polar surface area (TPSA) is 3.24 Å². The van der Waals surface area contributed by atoms with E-state index in [1.54, 1.807) is 0 Å². The summed E-state index contributed by atoms with van der Waals surface area (Å²) >= 11 is 6.13. The lowest BCUT2D eigenvalue weighted by molar-refractivity contribution is 1.13. The number of benzene rings is 2. The zero-order valence-corrected chi connectivity index (χ0v) is 11.4. The third kappa shape index (κ3) is 2.93. The maximum Gasteiger partial charge on any atom is 0.0478 e. The van der Waals surface area contributed by atoms with E-state index in [0.29, 0.717) is 0 Å². The van der Waals surface area contributed by atoms with Crippen molar-refractivity contribution in [3.63, 3.8) is 0 Å². The second-order valence-electron chi connectivity index (χ2n) is 4.31. The van der Waals surface area contributed by atoms with E-state index in [0.717, 1.165) is 10.6 Å². The van der Waals surface area contributed by atoms with Gasteiger partial charge in [0.1, 0.15) is 0 Å². The standard InChI is InChI=1S/C16H16ClN/c1-18(2)16-10-6-4-8-14(16)12-11-13-7-3-5-9-15(13)17/h3-12H,1-2H3. The molecule has 0 saturated heterocycles. The largest absolute Gasteiger partial charge is 0.377 e. The van der Waals surface area contributed by atoms with E-state index in [4.69, 9.17) is 11.6 Å². The number of rotatable bonds is 3. The van der Waals surface area contributed by atoms with Crippen LogP contribution in [-0.2, 0) is 0 Å². The van der Waals surface area contributed by atoms with Crippen LogP contribution in [0.25, 0.3) is 12.2 Å². The summed E-state index contributed by atoms with van der Waals surface area (Å²) in [5, 5.41) is 0.774. The van der Waals surface area contributed by atoms with Gasteiger partial charge in [0.25, 0.3) is 0 Å². The average Bonchev–Trinajstić information content (AvgIpc) is 2.38. The van der Waals surface area contributed by atoms with E-state index in [-0.39, 0.29) is 0 Å². The molecule has 0 unspecified atom stereocenters. The van der Waals surface area contributed by atoms with Crippen molar-refractivity contribution in [2.75, 3.05) is 19.0 Å². The molecule has 2 aromatic rings. The predicted molar refractivity (Wildman–Crippen MR) is 81.1 cm³/mol. The van der Waals surface area contributed by atoms with Crippen LogP contribution in [0.3, 0.4) is 0 Å². The Kier molecular flexibility index (Phi) is 4.06. The van der Waals surface area contributed by atoms with Gasteiger partial charge in [0.2, 0.25) is 0 Å². The highest BCUT2D eigenvalue weighted by Crippen LogP contribution is 2.22. The summed E-state index contributed by atoms with van der Waals surface area (Å²) in [6.07, 6.45) is 4.14. The van der Waals surface area contributed by atoms with Crippen LogP contribution in [0.1, 0.15) is 11.1 Å². The summed E-state index contributed by atoms with van der Waals surface area (Å²) in [5.41, 5.74) is 3.41. The summed E-state index contributed by atoms with van der Waals surface area (Å²) in [7, 11) is 4.09. The smallest absolute Gasteiger partial charge is 0.0478 e. The van der Waals surface area contributed by atoms with Crippen LogP contribution in [0.5, 0.6) is 0 Å². The summed E-state index contributed by atoms with van der Waals surface area (Å²) in [5.74, 6) is 0. The van der Waals surface area contributed by atoms with Gasteiger partial charge in [-0.15, -0.1) is 0 Å². The molecular formula is C16H16ClN. The summed E-state index contributed by atoms with van der Waals surface area (Å²) in [6.45, 7) is 0. The Morgan fingerprint density at radius 3 is 2.06 bits per heavy atom. The molecule has 0 aromatic heterocycles. The minimum atomic E-state index is 0.774. The molecule has 2 heteroatoms. The van der Waals surface area contributed by atoms with E-state index in [1.807, 2.05) is 56.6 Å². The normalized spacial score (nSPS) is 10.8. The number of hydrogen-bond donors (Lipinski definition) is 0. The van der Waals surface area contributed by atoms with Crippen molar-refractivity contribution in [3.05, 3.63) is 64.7 Å². The van der Waals surface area contributed by atoms with Crippen molar-refractivity contribution in [2.45, 2.75) is 0 Å². The average molecular weight is 258 g/mol. The van der Waals surface area contributed by atoms with Crippen molar-refractivity contribution in [2.24, 2.45) is 0 Å². The van der Waals surface area contributed by atoms with Gasteiger partial charge in [0.15, 0.2) is 0 Å². The fraction of sp³-hybridized carbons (Fsp3) is 0.125. The van der Waals surface area contributed by atoms with Gasteiger partial charge in [-0.05, 0) is 23.3 Å². The zero-order chi connectivity index (χ0) is 13.0. The van der Waals surface area contributed by atoms with E-state index >= 15 is 0 Å². The Morgan fingerprint density at radius 1 is 0.833 bits per heavy atom. The first kappa shape index (κ1) is 12.7. The van der Waals surface area contributed by atoms with Crippen LogP contribution >= 0.6 is 11.6 Å². The molecule has 0 radical (unpaired) electrons. The van der Waals surface area contributed by atoms with Crippen molar-refractivity contribution in [1.82, 2.24) is 0 Å². The number of halogens is 1. The maximum atomic E-state index is 6.13. The molecule has 0 aliphatic carbocycles. The summed E-state index contributed by atoms with van der Waals surface area (Å²) < 4.78 is 0. The first-order valence-corrected chi connectivity index (χ1v) is 6.25. The molecule has 0 aliphatic heterocycles. The molecule has 2 rings (SSSR count). The van der Waals surface area contributed by atoms with Gasteiger partial charge in [-0.2, -0.15) is 0 Å². The van der Waals surface area contributed by atoms with Gasteiger partial charge in [-0.3, -0.25) is 0 Å². The van der Waals surface area contributed by atoms with Crippen LogP contribution in [0.15, 0.2) is 48.5 Å². The molecule has 0 bridgehead atoms. The fourth-order valence-electron chi connectivity index (χ4n) is 1.83. The lowest BCUT2D eigenvalue weighted by Crippen LogP contribution is -2.09. The Bertz CT molecular complexity index is 559. The lowest BCUT2D eigenvalue weighted by Gasteiger charge is -2.15. The highest BCUT2D eigenvalue weighted by Gasteiger charge is 2.00.